The molecule has 160 valence electrons. The van der Waals surface area contributed by atoms with Crippen LogP contribution in [0.15, 0.2) is 60.7 Å². The number of halogens is 1. The topological polar surface area (TPSA) is 91.9 Å². The first-order valence-electron chi connectivity index (χ1n) is 9.80. The van der Waals surface area contributed by atoms with Crippen molar-refractivity contribution < 1.29 is 24.2 Å². The number of hydrogen-bond acceptors (Lipinski definition) is 4. The van der Waals surface area contributed by atoms with E-state index >= 15 is 0 Å². The highest BCUT2D eigenvalue weighted by Gasteiger charge is 2.22. The van der Waals surface area contributed by atoms with Crippen LogP contribution in [0.4, 0.5) is 11.4 Å². The number of benzene rings is 3. The average molecular weight is 449 g/mol. The molecule has 3 aromatic carbocycles. The molecule has 7 nitrogen and oxygen atoms in total. The molecular formula is C24H17ClN2O5. The van der Waals surface area contributed by atoms with Gasteiger partial charge in [-0.1, -0.05) is 29.8 Å². The molecule has 4 aromatic rings. The quantitative estimate of drug-likeness (QED) is 0.399. The van der Waals surface area contributed by atoms with E-state index in [2.05, 4.69) is 4.98 Å². The molecule has 1 aromatic heterocycles. The van der Waals surface area contributed by atoms with Crippen molar-refractivity contribution in [1.29, 1.82) is 0 Å². The Balaban J connectivity index is 1.63. The molecule has 0 spiro atoms. The predicted octanol–water partition coefficient (Wildman–Crippen LogP) is 5.13. The van der Waals surface area contributed by atoms with Crippen LogP contribution in [-0.4, -0.2) is 29.3 Å². The van der Waals surface area contributed by atoms with Crippen molar-refractivity contribution in [2.45, 2.75) is 6.42 Å². The third kappa shape index (κ3) is 3.42. The van der Waals surface area contributed by atoms with E-state index in [1.807, 2.05) is 30.3 Å². The van der Waals surface area contributed by atoms with E-state index in [9.17, 15) is 14.7 Å². The molecule has 0 radical (unpaired) electrons. The van der Waals surface area contributed by atoms with Crippen LogP contribution in [0, 0.1) is 0 Å². The van der Waals surface area contributed by atoms with Gasteiger partial charge >= 0.3 is 5.97 Å². The Morgan fingerprint density at radius 1 is 1.06 bits per heavy atom. The van der Waals surface area contributed by atoms with E-state index in [4.69, 9.17) is 21.1 Å². The fourth-order valence-electron chi connectivity index (χ4n) is 3.90. The predicted molar refractivity (Wildman–Crippen MR) is 120 cm³/mol. The minimum atomic E-state index is -1.08. The summed E-state index contributed by atoms with van der Waals surface area (Å²) >= 11 is 6.44. The number of nitrogens with zero attached hydrogens (tertiary/aromatic N) is 1. The molecule has 0 aliphatic carbocycles. The molecular weight excluding hydrogens is 432 g/mol. The molecule has 0 saturated carbocycles. The summed E-state index contributed by atoms with van der Waals surface area (Å²) in [5.41, 5.74) is 3.32. The summed E-state index contributed by atoms with van der Waals surface area (Å²) in [4.78, 5) is 28.3. The second kappa shape index (κ2) is 7.94. The zero-order valence-electron chi connectivity index (χ0n) is 16.7. The number of carboxylic acids is 1. The third-order valence-corrected chi connectivity index (χ3v) is 5.78. The van der Waals surface area contributed by atoms with E-state index in [0.29, 0.717) is 49.9 Å². The highest BCUT2D eigenvalue weighted by molar-refractivity contribution is 6.31. The van der Waals surface area contributed by atoms with Gasteiger partial charge in [0.05, 0.1) is 0 Å². The largest absolute Gasteiger partial charge is 0.477 e. The minimum Gasteiger partial charge on any atom is -0.477 e. The van der Waals surface area contributed by atoms with Gasteiger partial charge in [-0.2, -0.15) is 0 Å². The number of nitrogens with one attached hydrogen (secondary N) is 1. The van der Waals surface area contributed by atoms with Crippen LogP contribution in [0.25, 0.3) is 10.9 Å². The zero-order valence-corrected chi connectivity index (χ0v) is 17.4. The molecule has 5 rings (SSSR count). The van der Waals surface area contributed by atoms with Crippen LogP contribution in [0.5, 0.6) is 11.5 Å². The van der Waals surface area contributed by atoms with E-state index in [1.54, 1.807) is 30.3 Å². The molecule has 8 heteroatoms. The normalized spacial score (nSPS) is 12.2. The van der Waals surface area contributed by atoms with E-state index in [0.717, 1.165) is 6.41 Å². The first-order valence-corrected chi connectivity index (χ1v) is 10.2. The van der Waals surface area contributed by atoms with Crippen LogP contribution in [0.2, 0.25) is 5.02 Å². The summed E-state index contributed by atoms with van der Waals surface area (Å²) < 4.78 is 10.8. The van der Waals surface area contributed by atoms with Gasteiger partial charge in [0.2, 0.25) is 13.2 Å². The summed E-state index contributed by atoms with van der Waals surface area (Å²) in [7, 11) is 0. The highest BCUT2D eigenvalue weighted by Crippen LogP contribution is 2.39. The number of aromatic carboxylic acids is 1. The summed E-state index contributed by atoms with van der Waals surface area (Å²) in [6.45, 7) is 0.118. The van der Waals surface area contributed by atoms with E-state index < -0.39 is 5.97 Å². The van der Waals surface area contributed by atoms with E-state index in [-0.39, 0.29) is 18.9 Å². The van der Waals surface area contributed by atoms with Crippen LogP contribution < -0.4 is 14.4 Å². The monoisotopic (exact) mass is 448 g/mol. The minimum absolute atomic E-state index is 0.0725. The van der Waals surface area contributed by atoms with Crippen LogP contribution in [0.3, 0.4) is 0 Å². The van der Waals surface area contributed by atoms with Crippen molar-refractivity contribution in [2.75, 3.05) is 11.7 Å². The number of H-pyrrole nitrogens is 1. The lowest BCUT2D eigenvalue weighted by Crippen LogP contribution is -2.13. The smallest absolute Gasteiger partial charge is 0.352 e. The number of hydrogen-bond donors (Lipinski definition) is 2. The molecule has 1 aliphatic heterocycles. The lowest BCUT2D eigenvalue weighted by Gasteiger charge is -2.18. The number of rotatable bonds is 6. The van der Waals surface area contributed by atoms with Gasteiger partial charge in [-0.05, 0) is 47.5 Å². The first kappa shape index (κ1) is 20.0. The highest BCUT2D eigenvalue weighted by atomic mass is 35.5. The molecule has 0 fully saturated rings. The standard InChI is InChI=1S/C24H17ClN2O5/c25-19-11-22-21(31-13-32-22)9-14(19)8-18-17-10-16(6-7-20(17)26-23(18)24(29)30)27(12-28)15-4-2-1-3-5-15/h1-7,9-12,26H,8,13H2,(H,29,30). The van der Waals surface area contributed by atoms with Crippen LogP contribution >= 0.6 is 11.6 Å². The number of anilines is 2. The first-order chi connectivity index (χ1) is 15.5. The van der Waals surface area contributed by atoms with Crippen molar-refractivity contribution in [3.8, 4) is 11.5 Å². The molecule has 32 heavy (non-hydrogen) atoms. The number of para-hydroxylation sites is 1. The Bertz CT molecular complexity index is 1350. The Morgan fingerprint density at radius 3 is 2.53 bits per heavy atom. The van der Waals surface area contributed by atoms with Gasteiger partial charge in [0.1, 0.15) is 5.69 Å². The number of amides is 1. The molecule has 1 amide bonds. The van der Waals surface area contributed by atoms with Crippen molar-refractivity contribution in [1.82, 2.24) is 4.98 Å². The summed E-state index contributed by atoms with van der Waals surface area (Å²) in [5, 5.41) is 10.9. The van der Waals surface area contributed by atoms with Gasteiger partial charge in [-0.3, -0.25) is 9.69 Å². The lowest BCUT2D eigenvalue weighted by molar-refractivity contribution is -0.106. The van der Waals surface area contributed by atoms with Gasteiger partial charge in [0.15, 0.2) is 11.5 Å². The molecule has 1 aliphatic rings. The maximum atomic E-state index is 12.0. The fraction of sp³-hybridized carbons (Fsp3) is 0.0833. The zero-order chi connectivity index (χ0) is 22.2. The van der Waals surface area contributed by atoms with Crippen molar-refractivity contribution in [3.05, 3.63) is 82.5 Å². The lowest BCUT2D eigenvalue weighted by atomic mass is 10.0. The Hall–Kier alpha value is -3.97. The molecule has 2 N–H and O–H groups in total. The third-order valence-electron chi connectivity index (χ3n) is 5.43. The number of carbonyl (C=O) groups excluding carboxylic acids is 1. The van der Waals surface area contributed by atoms with Crippen LogP contribution in [0.1, 0.15) is 21.6 Å². The molecule has 2 heterocycles. The number of aromatic amines is 1. The average Bonchev–Trinajstić information content (AvgIpc) is 3.39. The summed E-state index contributed by atoms with van der Waals surface area (Å²) in [5.74, 6) is 0.0471. The summed E-state index contributed by atoms with van der Waals surface area (Å²) in [6.07, 6.45) is 0.989. The molecule has 0 atom stereocenters. The number of ether oxygens (including phenoxy) is 2. The van der Waals surface area contributed by atoms with Gasteiger partial charge in [0, 0.05) is 39.8 Å². The number of carbonyl (C=O) groups is 2. The molecule has 0 saturated heterocycles. The second-order valence-electron chi connectivity index (χ2n) is 7.30. The SMILES string of the molecule is O=CN(c1ccccc1)c1ccc2[nH]c(C(=O)O)c(Cc3cc4c(cc3Cl)OCO4)c2c1. The number of aromatic nitrogens is 1. The maximum absolute atomic E-state index is 12.0. The Labute approximate surface area is 187 Å². The van der Waals surface area contributed by atoms with Gasteiger partial charge in [-0.15, -0.1) is 0 Å². The van der Waals surface area contributed by atoms with Crippen LogP contribution in [-0.2, 0) is 11.2 Å². The van der Waals surface area contributed by atoms with E-state index in [1.165, 1.54) is 4.90 Å². The second-order valence-corrected chi connectivity index (χ2v) is 7.71. The van der Waals surface area contributed by atoms with Gasteiger partial charge in [0.25, 0.3) is 0 Å². The Kier molecular flexibility index (Phi) is 4.95. The maximum Gasteiger partial charge on any atom is 0.352 e. The summed E-state index contributed by atoms with van der Waals surface area (Å²) in [6, 6.07) is 18.0. The van der Waals surface area contributed by atoms with Crippen molar-refractivity contribution in [3.63, 3.8) is 0 Å². The van der Waals surface area contributed by atoms with Gasteiger partial charge in [-0.25, -0.2) is 4.79 Å². The number of fused-ring (bicyclic) bond motifs is 2. The van der Waals surface area contributed by atoms with Gasteiger partial charge < -0.3 is 19.6 Å². The van der Waals surface area contributed by atoms with Crippen molar-refractivity contribution >= 4 is 46.3 Å². The molecule has 0 bridgehead atoms. The number of carboxylic acid groups (broad SMARTS) is 1. The fourth-order valence-corrected chi connectivity index (χ4v) is 4.12. The Morgan fingerprint density at radius 2 is 1.81 bits per heavy atom. The van der Waals surface area contributed by atoms with Crippen molar-refractivity contribution in [2.24, 2.45) is 0 Å². The molecule has 0 unspecified atom stereocenters.